The zero-order chi connectivity index (χ0) is 23.0. The molecule has 2 aromatic rings. The number of hydrogen-bond acceptors (Lipinski definition) is 6. The van der Waals surface area contributed by atoms with Crippen molar-refractivity contribution in [3.63, 3.8) is 0 Å². The number of nitrogens with one attached hydrogen (secondary N) is 2. The molecule has 2 heterocycles. The Morgan fingerprint density at radius 1 is 1.34 bits per heavy atom. The number of piperidine rings is 1. The lowest BCUT2D eigenvalue weighted by atomic mass is 9.98. The number of nitrogens with zero attached hydrogens (tertiary/aromatic N) is 2. The van der Waals surface area contributed by atoms with E-state index >= 15 is 0 Å². The van der Waals surface area contributed by atoms with Gasteiger partial charge in [-0.05, 0) is 48.9 Å². The third-order valence-corrected chi connectivity index (χ3v) is 7.28. The molecule has 1 aromatic heterocycles. The predicted molar refractivity (Wildman–Crippen MR) is 114 cm³/mol. The van der Waals surface area contributed by atoms with Gasteiger partial charge in [0, 0.05) is 31.0 Å². The number of carbonyl (C=O) groups is 1. The molecule has 1 aliphatic heterocycles. The molecule has 4 unspecified atom stereocenters. The fourth-order valence-corrected chi connectivity index (χ4v) is 5.14. The lowest BCUT2D eigenvalue weighted by Gasteiger charge is -2.23. The number of carbonyl (C=O) groups excluding carboxylic acids is 1. The molecule has 2 aliphatic rings. The predicted octanol–water partition coefficient (Wildman–Crippen LogP) is 1.07. The van der Waals surface area contributed by atoms with Crippen molar-refractivity contribution < 1.29 is 17.6 Å². The van der Waals surface area contributed by atoms with Crippen molar-refractivity contribution in [3.05, 3.63) is 58.3 Å². The molecule has 1 amide bonds. The molecule has 2 fully saturated rings. The Morgan fingerprint density at radius 2 is 2.12 bits per heavy atom. The largest absolute Gasteiger partial charge is 0.339 e. The third-order valence-electron chi connectivity index (χ3n) is 6.17. The second kappa shape index (κ2) is 8.48. The molecule has 4 rings (SSSR count). The van der Waals surface area contributed by atoms with Crippen molar-refractivity contribution >= 4 is 15.7 Å². The summed E-state index contributed by atoms with van der Waals surface area (Å²) in [4.78, 5) is 24.7. The van der Waals surface area contributed by atoms with E-state index in [0.29, 0.717) is 6.04 Å². The number of fused-ring (bicyclic) bond motifs is 2. The monoisotopic (exact) mass is 458 g/mol. The lowest BCUT2D eigenvalue weighted by Crippen LogP contribution is -2.50. The van der Waals surface area contributed by atoms with Gasteiger partial charge in [-0.25, -0.2) is 12.8 Å². The first-order valence-corrected chi connectivity index (χ1v) is 12.2. The molecule has 32 heavy (non-hydrogen) atoms. The van der Waals surface area contributed by atoms with E-state index in [0.717, 1.165) is 42.2 Å². The van der Waals surface area contributed by atoms with Gasteiger partial charge < -0.3 is 10.6 Å². The SMILES string of the molecule is CS(=O)(=O)c1ccn(-c2ccc(CC(C#N)NC(=O)C3NC4CCC3C4)c(F)c2)c(=O)c1. The van der Waals surface area contributed by atoms with Crippen molar-refractivity contribution in [3.8, 4) is 11.8 Å². The van der Waals surface area contributed by atoms with E-state index in [2.05, 4.69) is 10.6 Å². The number of pyridine rings is 1. The first-order chi connectivity index (χ1) is 15.2. The molecule has 4 atom stereocenters. The maximum atomic E-state index is 14.7. The molecule has 2 N–H and O–H groups in total. The minimum absolute atomic E-state index is 0.0168. The van der Waals surface area contributed by atoms with Crippen LogP contribution in [0.3, 0.4) is 0 Å². The van der Waals surface area contributed by atoms with Gasteiger partial charge in [-0.1, -0.05) is 6.07 Å². The lowest BCUT2D eigenvalue weighted by molar-refractivity contribution is -0.124. The van der Waals surface area contributed by atoms with Gasteiger partial charge in [0.25, 0.3) is 5.56 Å². The van der Waals surface area contributed by atoms with E-state index in [4.69, 9.17) is 0 Å². The minimum Gasteiger partial charge on any atom is -0.339 e. The zero-order valence-corrected chi connectivity index (χ0v) is 18.2. The van der Waals surface area contributed by atoms with E-state index in [1.807, 2.05) is 6.07 Å². The molecule has 1 saturated carbocycles. The number of nitriles is 1. The summed E-state index contributed by atoms with van der Waals surface area (Å²) in [7, 11) is -3.53. The van der Waals surface area contributed by atoms with Gasteiger partial charge in [0.05, 0.1) is 22.7 Å². The molecular weight excluding hydrogens is 435 g/mol. The van der Waals surface area contributed by atoms with Crippen molar-refractivity contribution in [1.29, 1.82) is 5.26 Å². The van der Waals surface area contributed by atoms with Crippen LogP contribution in [0.5, 0.6) is 0 Å². The van der Waals surface area contributed by atoms with Gasteiger partial charge in [-0.15, -0.1) is 0 Å². The fraction of sp³-hybridized carbons (Fsp3) is 0.409. The molecule has 0 radical (unpaired) electrons. The Morgan fingerprint density at radius 3 is 2.69 bits per heavy atom. The first kappa shape index (κ1) is 22.2. The van der Waals surface area contributed by atoms with Crippen molar-refractivity contribution in [2.45, 2.75) is 48.7 Å². The van der Waals surface area contributed by atoms with Gasteiger partial charge in [0.2, 0.25) is 5.91 Å². The number of hydrogen-bond donors (Lipinski definition) is 2. The Bertz CT molecular complexity index is 1270. The number of sulfone groups is 1. The zero-order valence-electron chi connectivity index (χ0n) is 17.4. The van der Waals surface area contributed by atoms with Gasteiger partial charge in [0.15, 0.2) is 9.84 Å². The topological polar surface area (TPSA) is 121 Å². The second-order valence-corrected chi connectivity index (χ2v) is 10.4. The van der Waals surface area contributed by atoms with E-state index in [1.54, 1.807) is 0 Å². The van der Waals surface area contributed by atoms with Crippen LogP contribution in [0.15, 0.2) is 46.2 Å². The minimum atomic E-state index is -3.53. The summed E-state index contributed by atoms with van der Waals surface area (Å²) >= 11 is 0. The van der Waals surface area contributed by atoms with Gasteiger partial charge in [-0.2, -0.15) is 5.26 Å². The summed E-state index contributed by atoms with van der Waals surface area (Å²) < 4.78 is 39.1. The molecule has 2 bridgehead atoms. The number of benzene rings is 1. The number of halogens is 1. The summed E-state index contributed by atoms with van der Waals surface area (Å²) in [6.45, 7) is 0. The summed E-state index contributed by atoms with van der Waals surface area (Å²) in [5.74, 6) is -0.588. The average Bonchev–Trinajstić information content (AvgIpc) is 3.37. The standard InChI is InChI=1S/C22H23FN4O4S/c1-32(30,31)18-6-7-27(20(28)11-18)17-5-3-13(19(23)10-17)8-16(12-24)26-22(29)21-14-2-4-15(9-14)25-21/h3,5-7,10-11,14-16,21,25H,2,4,8-9H2,1H3,(H,26,29). The maximum absolute atomic E-state index is 14.7. The van der Waals surface area contributed by atoms with E-state index < -0.39 is 27.3 Å². The summed E-state index contributed by atoms with van der Waals surface area (Å²) in [6.07, 6.45) is 5.28. The van der Waals surface area contributed by atoms with Crippen LogP contribution in [0, 0.1) is 23.1 Å². The average molecular weight is 459 g/mol. The van der Waals surface area contributed by atoms with E-state index in [9.17, 15) is 27.7 Å². The van der Waals surface area contributed by atoms with Crippen LogP contribution in [0.2, 0.25) is 0 Å². The van der Waals surface area contributed by atoms with Crippen LogP contribution in [0.4, 0.5) is 4.39 Å². The molecule has 0 spiro atoms. The molecular formula is C22H23FN4O4S. The fourth-order valence-electron chi connectivity index (χ4n) is 4.52. The highest BCUT2D eigenvalue weighted by Crippen LogP contribution is 2.35. The number of amides is 1. The molecule has 10 heteroatoms. The van der Waals surface area contributed by atoms with Crippen LogP contribution in [-0.4, -0.2) is 43.3 Å². The van der Waals surface area contributed by atoms with E-state index in [-0.39, 0.29) is 40.4 Å². The van der Waals surface area contributed by atoms with Crippen LogP contribution in [-0.2, 0) is 21.1 Å². The summed E-state index contributed by atoms with van der Waals surface area (Å²) in [6, 6.07) is 7.53. The highest BCUT2D eigenvalue weighted by Gasteiger charge is 2.43. The Labute approximate surface area is 185 Å². The first-order valence-electron chi connectivity index (χ1n) is 10.3. The van der Waals surface area contributed by atoms with Crippen LogP contribution in [0.1, 0.15) is 24.8 Å². The molecule has 1 aliphatic carbocycles. The van der Waals surface area contributed by atoms with Crippen molar-refractivity contribution in [1.82, 2.24) is 15.2 Å². The Kier molecular flexibility index (Phi) is 5.88. The number of rotatable bonds is 6. The van der Waals surface area contributed by atoms with Crippen LogP contribution >= 0.6 is 0 Å². The smallest absolute Gasteiger partial charge is 0.256 e. The Balaban J connectivity index is 1.48. The third kappa shape index (κ3) is 4.45. The quantitative estimate of drug-likeness (QED) is 0.668. The molecule has 1 aromatic carbocycles. The second-order valence-electron chi connectivity index (χ2n) is 8.43. The van der Waals surface area contributed by atoms with Gasteiger partial charge in [-0.3, -0.25) is 14.2 Å². The van der Waals surface area contributed by atoms with Gasteiger partial charge in [0.1, 0.15) is 11.9 Å². The molecule has 1 saturated heterocycles. The Hall–Kier alpha value is -3.03. The normalized spacial score (nSPS) is 23.0. The van der Waals surface area contributed by atoms with Crippen LogP contribution in [0.25, 0.3) is 5.69 Å². The van der Waals surface area contributed by atoms with Crippen molar-refractivity contribution in [2.24, 2.45) is 5.92 Å². The summed E-state index contributed by atoms with van der Waals surface area (Å²) in [5, 5.41) is 15.4. The number of aromatic nitrogens is 1. The highest BCUT2D eigenvalue weighted by atomic mass is 32.2. The van der Waals surface area contributed by atoms with Crippen LogP contribution < -0.4 is 16.2 Å². The molecule has 168 valence electrons. The molecule has 8 nitrogen and oxygen atoms in total. The van der Waals surface area contributed by atoms with Crippen molar-refractivity contribution in [2.75, 3.05) is 6.26 Å². The summed E-state index contributed by atoms with van der Waals surface area (Å²) in [5.41, 5.74) is -0.164. The maximum Gasteiger partial charge on any atom is 0.256 e. The highest BCUT2D eigenvalue weighted by molar-refractivity contribution is 7.90. The van der Waals surface area contributed by atoms with E-state index in [1.165, 1.54) is 24.4 Å². The van der Waals surface area contributed by atoms with Gasteiger partial charge >= 0.3 is 0 Å².